The van der Waals surface area contributed by atoms with Gasteiger partial charge in [-0.2, -0.15) is 0 Å². The third kappa shape index (κ3) is 4.23. The van der Waals surface area contributed by atoms with E-state index in [4.69, 9.17) is 9.47 Å². The zero-order chi connectivity index (χ0) is 22.0. The van der Waals surface area contributed by atoms with Crippen molar-refractivity contribution in [1.82, 2.24) is 24.9 Å². The Hall–Kier alpha value is -3.26. The Morgan fingerprint density at radius 1 is 1.00 bits per heavy atom. The van der Waals surface area contributed by atoms with Crippen molar-refractivity contribution in [2.24, 2.45) is 5.92 Å². The number of hydrogen-bond acceptors (Lipinski definition) is 7. The molecule has 0 amide bonds. The maximum Gasteiger partial charge on any atom is 0.149 e. The van der Waals surface area contributed by atoms with Crippen LogP contribution in [0.1, 0.15) is 31.4 Å². The Balaban J connectivity index is 1.16. The van der Waals surface area contributed by atoms with Crippen molar-refractivity contribution in [2.75, 3.05) is 31.2 Å². The first-order valence-corrected chi connectivity index (χ1v) is 11.8. The van der Waals surface area contributed by atoms with Crippen LogP contribution in [0.4, 0.5) is 5.69 Å². The quantitative estimate of drug-likeness (QED) is 0.499. The van der Waals surface area contributed by atoms with Crippen LogP contribution in [0.5, 0.6) is 5.75 Å². The smallest absolute Gasteiger partial charge is 0.149 e. The number of aromatic nitrogens is 5. The number of anilines is 1. The number of ether oxygens (including phenoxy) is 2. The monoisotopic (exact) mass is 444 g/mol. The first kappa shape index (κ1) is 20.4. The highest BCUT2D eigenvalue weighted by Gasteiger charge is 2.25. The third-order valence-electron chi connectivity index (χ3n) is 6.91. The molecule has 0 spiro atoms. The van der Waals surface area contributed by atoms with E-state index in [0.29, 0.717) is 5.92 Å². The lowest BCUT2D eigenvalue weighted by Crippen LogP contribution is -2.36. The topological polar surface area (TPSA) is 89.1 Å². The number of morpholine rings is 1. The van der Waals surface area contributed by atoms with Crippen LogP contribution in [0.3, 0.4) is 0 Å². The van der Waals surface area contributed by atoms with Crippen LogP contribution in [0.2, 0.25) is 0 Å². The number of aromatic amines is 1. The second kappa shape index (κ2) is 8.94. The van der Waals surface area contributed by atoms with Gasteiger partial charge in [-0.3, -0.25) is 4.98 Å². The Bertz CT molecular complexity index is 1240. The second-order valence-electron chi connectivity index (χ2n) is 8.99. The Kier molecular flexibility index (Phi) is 5.51. The molecule has 1 aromatic carbocycles. The van der Waals surface area contributed by atoms with Gasteiger partial charge in [-0.25, -0.2) is 15.0 Å². The molecule has 8 nitrogen and oxygen atoms in total. The fraction of sp³-hybridized carbons (Fsp3) is 0.440. The van der Waals surface area contributed by atoms with E-state index in [0.717, 1.165) is 97.6 Å². The Morgan fingerprint density at radius 3 is 2.73 bits per heavy atom. The molecule has 33 heavy (non-hydrogen) atoms. The molecule has 6 rings (SSSR count). The number of hydrogen-bond donors (Lipinski definition) is 1. The molecule has 1 saturated carbocycles. The fourth-order valence-electron chi connectivity index (χ4n) is 5.12. The normalized spacial score (nSPS) is 21.5. The first-order chi connectivity index (χ1) is 16.3. The summed E-state index contributed by atoms with van der Waals surface area (Å²) in [5, 5.41) is 1.14. The van der Waals surface area contributed by atoms with E-state index in [9.17, 15) is 0 Å². The molecule has 0 atom stereocenters. The lowest BCUT2D eigenvalue weighted by Gasteiger charge is -2.31. The summed E-state index contributed by atoms with van der Waals surface area (Å²) in [7, 11) is 0. The van der Waals surface area contributed by atoms with Crippen LogP contribution >= 0.6 is 0 Å². The van der Waals surface area contributed by atoms with Crippen molar-refractivity contribution in [3.63, 3.8) is 0 Å². The summed E-state index contributed by atoms with van der Waals surface area (Å²) in [5.41, 5.74) is 4.92. The Morgan fingerprint density at radius 2 is 1.85 bits per heavy atom. The molecule has 1 aliphatic carbocycles. The lowest BCUT2D eigenvalue weighted by atomic mass is 9.84. The predicted molar refractivity (Wildman–Crippen MR) is 127 cm³/mol. The number of H-pyrrole nitrogens is 1. The maximum atomic E-state index is 6.57. The minimum atomic E-state index is 0.198. The highest BCUT2D eigenvalue weighted by atomic mass is 16.5. The molecule has 0 radical (unpaired) electrons. The molecule has 1 N–H and O–H groups in total. The van der Waals surface area contributed by atoms with E-state index >= 15 is 0 Å². The van der Waals surface area contributed by atoms with Gasteiger partial charge >= 0.3 is 0 Å². The second-order valence-corrected chi connectivity index (χ2v) is 8.99. The van der Waals surface area contributed by atoms with Crippen molar-refractivity contribution in [1.29, 1.82) is 0 Å². The van der Waals surface area contributed by atoms with E-state index in [-0.39, 0.29) is 6.10 Å². The molecule has 2 fully saturated rings. The van der Waals surface area contributed by atoms with Crippen molar-refractivity contribution < 1.29 is 9.47 Å². The highest BCUT2D eigenvalue weighted by molar-refractivity contribution is 5.85. The van der Waals surface area contributed by atoms with Gasteiger partial charge in [0.2, 0.25) is 0 Å². The molecule has 1 aliphatic heterocycles. The average Bonchev–Trinajstić information content (AvgIpc) is 3.36. The summed E-state index contributed by atoms with van der Waals surface area (Å²) in [6.45, 7) is 3.27. The molecule has 8 heteroatoms. The van der Waals surface area contributed by atoms with Crippen LogP contribution in [0.15, 0.2) is 43.1 Å². The third-order valence-corrected chi connectivity index (χ3v) is 6.91. The van der Waals surface area contributed by atoms with Gasteiger partial charge in [0.15, 0.2) is 0 Å². The van der Waals surface area contributed by atoms with Gasteiger partial charge < -0.3 is 19.4 Å². The van der Waals surface area contributed by atoms with Gasteiger partial charge in [0, 0.05) is 48.8 Å². The standard InChI is InChI=1S/C25H28N6O2/c1-3-19(4-2-17(1)13-21-20-5-6-28-25(20)30-16-29-21)33-23-15-18(31-9-11-32-12-10-31)14-22-24(23)27-8-7-26-22/h5-8,14-17,19H,1-4,9-13H2,(H,28,29,30). The summed E-state index contributed by atoms with van der Waals surface area (Å²) in [4.78, 5) is 23.5. The summed E-state index contributed by atoms with van der Waals surface area (Å²) in [6, 6.07) is 6.33. The van der Waals surface area contributed by atoms with E-state index in [1.54, 1.807) is 18.7 Å². The number of benzene rings is 1. The van der Waals surface area contributed by atoms with Crippen LogP contribution in [-0.2, 0) is 11.2 Å². The van der Waals surface area contributed by atoms with Gasteiger partial charge in [-0.1, -0.05) is 0 Å². The number of nitrogens with zero attached hydrogens (tertiary/aromatic N) is 5. The first-order valence-electron chi connectivity index (χ1n) is 11.8. The fourth-order valence-corrected chi connectivity index (χ4v) is 5.12. The zero-order valence-corrected chi connectivity index (χ0v) is 18.6. The molecule has 4 heterocycles. The minimum Gasteiger partial charge on any atom is -0.488 e. The molecule has 0 unspecified atom stereocenters. The molecular weight excluding hydrogens is 416 g/mol. The lowest BCUT2D eigenvalue weighted by molar-refractivity contribution is 0.122. The Labute approximate surface area is 192 Å². The van der Waals surface area contributed by atoms with E-state index in [2.05, 4.69) is 48.0 Å². The highest BCUT2D eigenvalue weighted by Crippen LogP contribution is 2.35. The molecular formula is C25H28N6O2. The predicted octanol–water partition coefficient (Wildman–Crippen LogP) is 3.92. The van der Waals surface area contributed by atoms with Gasteiger partial charge in [-0.15, -0.1) is 0 Å². The van der Waals surface area contributed by atoms with Crippen LogP contribution in [0.25, 0.3) is 22.1 Å². The molecule has 170 valence electrons. The SMILES string of the molecule is c1cnc2c(OC3CCC(Cc4ncnc5[nH]ccc45)CC3)cc(N3CCOCC3)cc2n1. The molecule has 0 bridgehead atoms. The summed E-state index contributed by atoms with van der Waals surface area (Å²) in [5.74, 6) is 1.46. The summed E-state index contributed by atoms with van der Waals surface area (Å²) >= 11 is 0. The molecule has 4 aromatic rings. The minimum absolute atomic E-state index is 0.198. The summed E-state index contributed by atoms with van der Waals surface area (Å²) < 4.78 is 12.1. The van der Waals surface area contributed by atoms with Gasteiger partial charge in [0.05, 0.1) is 30.5 Å². The van der Waals surface area contributed by atoms with E-state index in [1.807, 2.05) is 6.20 Å². The van der Waals surface area contributed by atoms with Crippen molar-refractivity contribution in [3.8, 4) is 5.75 Å². The van der Waals surface area contributed by atoms with Crippen molar-refractivity contribution in [2.45, 2.75) is 38.2 Å². The molecule has 1 saturated heterocycles. The van der Waals surface area contributed by atoms with Gasteiger partial charge in [0.1, 0.15) is 23.2 Å². The van der Waals surface area contributed by atoms with Crippen LogP contribution < -0.4 is 9.64 Å². The van der Waals surface area contributed by atoms with E-state index < -0.39 is 0 Å². The van der Waals surface area contributed by atoms with Crippen LogP contribution in [0, 0.1) is 5.92 Å². The number of rotatable bonds is 5. The van der Waals surface area contributed by atoms with Crippen LogP contribution in [-0.4, -0.2) is 57.3 Å². The van der Waals surface area contributed by atoms with Gasteiger partial charge in [-0.05, 0) is 50.2 Å². The maximum absolute atomic E-state index is 6.57. The zero-order valence-electron chi connectivity index (χ0n) is 18.6. The number of nitrogens with one attached hydrogen (secondary N) is 1. The summed E-state index contributed by atoms with van der Waals surface area (Å²) in [6.07, 6.45) is 12.6. The van der Waals surface area contributed by atoms with Crippen molar-refractivity contribution in [3.05, 3.63) is 48.8 Å². The van der Waals surface area contributed by atoms with E-state index in [1.165, 1.54) is 0 Å². The number of fused-ring (bicyclic) bond motifs is 2. The largest absolute Gasteiger partial charge is 0.488 e. The molecule has 2 aliphatic rings. The molecule has 3 aromatic heterocycles. The van der Waals surface area contributed by atoms with Crippen molar-refractivity contribution >= 4 is 27.8 Å². The van der Waals surface area contributed by atoms with Gasteiger partial charge in [0.25, 0.3) is 0 Å². The average molecular weight is 445 g/mol.